The van der Waals surface area contributed by atoms with Crippen molar-refractivity contribution in [3.63, 3.8) is 0 Å². The maximum atomic E-state index is 11.5. The van der Waals surface area contributed by atoms with E-state index in [0.29, 0.717) is 0 Å². The molecule has 1 aliphatic carbocycles. The summed E-state index contributed by atoms with van der Waals surface area (Å²) in [5, 5.41) is 0. The normalized spacial score (nSPS) is 22.9. The molecule has 0 aromatic rings. The molecule has 1 aliphatic heterocycles. The van der Waals surface area contributed by atoms with Gasteiger partial charge in [-0.15, -0.1) is 6.58 Å². The first-order valence-corrected chi connectivity index (χ1v) is 5.49. The van der Waals surface area contributed by atoms with Crippen molar-refractivity contribution in [3.8, 4) is 0 Å². The standard InChI is InChI=1S/C11H14BNO4/c1-3-9(8-4-5-8)12-16-10(14)6-13(2)7-11(15)17-12/h3-4,9H,1,5-7H2,2H3. The smallest absolute Gasteiger partial charge is 0.498 e. The Kier molecular flexibility index (Phi) is 3.33. The summed E-state index contributed by atoms with van der Waals surface area (Å²) in [6, 6.07) is 0. The largest absolute Gasteiger partial charge is 0.610 e. The van der Waals surface area contributed by atoms with Crippen LogP contribution >= 0.6 is 0 Å². The van der Waals surface area contributed by atoms with Crippen LogP contribution in [0.4, 0.5) is 0 Å². The second-order valence-corrected chi connectivity index (χ2v) is 4.27. The second kappa shape index (κ2) is 4.75. The van der Waals surface area contributed by atoms with Crippen molar-refractivity contribution in [2.75, 3.05) is 20.1 Å². The monoisotopic (exact) mass is 235 g/mol. The number of carbonyl (C=O) groups excluding carboxylic acids is 2. The van der Waals surface area contributed by atoms with Crippen LogP contribution in [0.25, 0.3) is 0 Å². The predicted octanol–water partition coefficient (Wildman–Crippen LogP) is 0.393. The Labute approximate surface area is 100 Å². The fourth-order valence-corrected chi connectivity index (χ4v) is 1.77. The van der Waals surface area contributed by atoms with Crippen LogP contribution in [0, 0.1) is 0 Å². The van der Waals surface area contributed by atoms with Crippen LogP contribution in [-0.2, 0) is 18.9 Å². The lowest BCUT2D eigenvalue weighted by Gasteiger charge is -2.24. The van der Waals surface area contributed by atoms with E-state index in [9.17, 15) is 9.59 Å². The Balaban J connectivity index is 2.09. The van der Waals surface area contributed by atoms with Gasteiger partial charge < -0.3 is 9.31 Å². The third kappa shape index (κ3) is 2.97. The summed E-state index contributed by atoms with van der Waals surface area (Å²) in [7, 11) is 0.798. The van der Waals surface area contributed by atoms with Crippen LogP contribution in [0.2, 0.25) is 5.82 Å². The zero-order chi connectivity index (χ0) is 12.4. The number of allylic oxidation sites excluding steroid dienone is 3. The Morgan fingerprint density at radius 1 is 1.41 bits per heavy atom. The fourth-order valence-electron chi connectivity index (χ4n) is 1.77. The summed E-state index contributed by atoms with van der Waals surface area (Å²) in [5.41, 5.74) is 1.10. The van der Waals surface area contributed by atoms with E-state index in [2.05, 4.69) is 6.58 Å². The molecule has 0 aromatic carbocycles. The van der Waals surface area contributed by atoms with Crippen molar-refractivity contribution < 1.29 is 18.9 Å². The van der Waals surface area contributed by atoms with E-state index in [1.165, 1.54) is 0 Å². The molecule has 1 heterocycles. The lowest BCUT2D eigenvalue weighted by molar-refractivity contribution is -0.145. The van der Waals surface area contributed by atoms with E-state index < -0.39 is 19.1 Å². The number of likely N-dealkylation sites (N-methyl/N-ethyl adjacent to an activating group) is 1. The van der Waals surface area contributed by atoms with Gasteiger partial charge in [0.15, 0.2) is 0 Å². The van der Waals surface area contributed by atoms with Crippen molar-refractivity contribution in [1.82, 2.24) is 4.90 Å². The number of hydrogen-bond donors (Lipinski definition) is 0. The number of carbonyl (C=O) groups is 2. The third-order valence-electron chi connectivity index (χ3n) is 2.71. The van der Waals surface area contributed by atoms with Crippen molar-refractivity contribution in [1.29, 1.82) is 0 Å². The highest BCUT2D eigenvalue weighted by molar-refractivity contribution is 6.52. The molecule has 0 saturated carbocycles. The van der Waals surface area contributed by atoms with Crippen molar-refractivity contribution in [2.45, 2.75) is 12.2 Å². The molecule has 2 aliphatic rings. The molecule has 1 fully saturated rings. The molecule has 1 saturated heterocycles. The van der Waals surface area contributed by atoms with Gasteiger partial charge in [0.05, 0.1) is 18.9 Å². The number of rotatable bonds is 3. The van der Waals surface area contributed by atoms with Crippen molar-refractivity contribution in [3.05, 3.63) is 24.3 Å². The summed E-state index contributed by atoms with van der Waals surface area (Å²) in [6.45, 7) is 3.87. The van der Waals surface area contributed by atoms with Gasteiger partial charge >= 0.3 is 19.1 Å². The number of hydrogen-bond acceptors (Lipinski definition) is 5. The van der Waals surface area contributed by atoms with Crippen LogP contribution in [-0.4, -0.2) is 44.1 Å². The molecule has 6 heteroatoms. The summed E-state index contributed by atoms with van der Waals surface area (Å²) < 4.78 is 10.3. The van der Waals surface area contributed by atoms with Gasteiger partial charge in [-0.1, -0.05) is 17.7 Å². The lowest BCUT2D eigenvalue weighted by atomic mass is 9.69. The molecule has 0 radical (unpaired) electrons. The maximum absolute atomic E-state index is 11.5. The maximum Gasteiger partial charge on any atom is 0.610 e. The van der Waals surface area contributed by atoms with Crippen LogP contribution < -0.4 is 0 Å². The topological polar surface area (TPSA) is 55.8 Å². The SMILES string of the molecule is C=CC(B1OC(=O)CN(C)CC(=O)O1)C1=CC1. The van der Waals surface area contributed by atoms with Gasteiger partial charge in [-0.3, -0.25) is 14.5 Å². The highest BCUT2D eigenvalue weighted by Gasteiger charge is 2.41. The average Bonchev–Trinajstić information content (AvgIpc) is 2.99. The minimum atomic E-state index is -0.866. The molecule has 17 heavy (non-hydrogen) atoms. The minimum absolute atomic E-state index is 0.0918. The fraction of sp³-hybridized carbons (Fsp3) is 0.455. The van der Waals surface area contributed by atoms with E-state index in [1.807, 2.05) is 6.08 Å². The molecular formula is C11H14BNO4. The quantitative estimate of drug-likeness (QED) is 0.523. The highest BCUT2D eigenvalue weighted by Crippen LogP contribution is 2.36. The Morgan fingerprint density at radius 3 is 2.35 bits per heavy atom. The zero-order valence-electron chi connectivity index (χ0n) is 9.72. The molecular weight excluding hydrogens is 221 g/mol. The number of nitrogens with zero attached hydrogens (tertiary/aromatic N) is 1. The minimum Gasteiger partial charge on any atom is -0.498 e. The van der Waals surface area contributed by atoms with E-state index in [4.69, 9.17) is 9.31 Å². The Morgan fingerprint density at radius 2 is 1.94 bits per heavy atom. The van der Waals surface area contributed by atoms with Gasteiger partial charge in [-0.05, 0) is 13.5 Å². The average molecular weight is 235 g/mol. The summed E-state index contributed by atoms with van der Waals surface area (Å²) in [5.74, 6) is -0.998. The van der Waals surface area contributed by atoms with Gasteiger partial charge in [0.2, 0.25) is 0 Å². The molecule has 0 bridgehead atoms. The predicted molar refractivity (Wildman–Crippen MR) is 62.1 cm³/mol. The molecule has 0 amide bonds. The van der Waals surface area contributed by atoms with E-state index >= 15 is 0 Å². The molecule has 5 nitrogen and oxygen atoms in total. The lowest BCUT2D eigenvalue weighted by Crippen LogP contribution is -2.44. The van der Waals surface area contributed by atoms with Crippen LogP contribution in [0.5, 0.6) is 0 Å². The second-order valence-electron chi connectivity index (χ2n) is 4.27. The first-order valence-electron chi connectivity index (χ1n) is 5.49. The molecule has 1 atom stereocenters. The van der Waals surface area contributed by atoms with Gasteiger partial charge in [0.25, 0.3) is 0 Å². The molecule has 1 unspecified atom stereocenters. The summed E-state index contributed by atoms with van der Waals surface area (Å²) in [4.78, 5) is 24.6. The molecule has 0 N–H and O–H groups in total. The Bertz CT molecular complexity index is 373. The van der Waals surface area contributed by atoms with Crippen LogP contribution in [0.3, 0.4) is 0 Å². The Hall–Kier alpha value is -1.56. The first kappa shape index (κ1) is 11.9. The third-order valence-corrected chi connectivity index (χ3v) is 2.71. The summed E-state index contributed by atoms with van der Waals surface area (Å²) >= 11 is 0. The molecule has 0 aromatic heterocycles. The van der Waals surface area contributed by atoms with Gasteiger partial charge in [0.1, 0.15) is 0 Å². The molecule has 90 valence electrons. The first-order chi connectivity index (χ1) is 8.10. The van der Waals surface area contributed by atoms with E-state index in [-0.39, 0.29) is 18.9 Å². The molecule has 2 rings (SSSR count). The van der Waals surface area contributed by atoms with Crippen molar-refractivity contribution in [2.24, 2.45) is 0 Å². The summed E-state index contributed by atoms with van der Waals surface area (Å²) in [6.07, 6.45) is 4.51. The molecule has 0 spiro atoms. The van der Waals surface area contributed by atoms with E-state index in [1.54, 1.807) is 18.0 Å². The van der Waals surface area contributed by atoms with Gasteiger partial charge in [0, 0.05) is 0 Å². The van der Waals surface area contributed by atoms with Crippen LogP contribution in [0.15, 0.2) is 24.3 Å². The van der Waals surface area contributed by atoms with Gasteiger partial charge in [-0.25, -0.2) is 0 Å². The zero-order valence-corrected chi connectivity index (χ0v) is 9.72. The van der Waals surface area contributed by atoms with Gasteiger partial charge in [-0.2, -0.15) is 0 Å². The van der Waals surface area contributed by atoms with E-state index in [0.717, 1.165) is 12.0 Å². The highest BCUT2D eigenvalue weighted by atomic mass is 16.6. The van der Waals surface area contributed by atoms with Crippen LogP contribution in [0.1, 0.15) is 6.42 Å². The van der Waals surface area contributed by atoms with Crippen molar-refractivity contribution >= 4 is 19.1 Å².